The van der Waals surface area contributed by atoms with Crippen LogP contribution in [0.3, 0.4) is 0 Å². The standard InChI is InChI=1S/C13H23NO/c1-9-6-7-13(3,10(2)8-9)14-12(15)11-4-5-11/h9-11H,4-8H2,1-3H3,(H,14,15). The van der Waals surface area contributed by atoms with Gasteiger partial charge in [0.05, 0.1) is 0 Å². The Kier molecular flexibility index (Phi) is 2.78. The zero-order valence-corrected chi connectivity index (χ0v) is 10.2. The number of nitrogens with one attached hydrogen (secondary N) is 1. The second-order valence-corrected chi connectivity index (χ2v) is 5.96. The van der Waals surface area contributed by atoms with E-state index >= 15 is 0 Å². The second kappa shape index (κ2) is 3.80. The fourth-order valence-corrected chi connectivity index (χ4v) is 2.69. The van der Waals surface area contributed by atoms with Gasteiger partial charge in [0.15, 0.2) is 0 Å². The minimum atomic E-state index is 0.0617. The lowest BCUT2D eigenvalue weighted by molar-refractivity contribution is -0.125. The van der Waals surface area contributed by atoms with Crippen molar-refractivity contribution in [3.63, 3.8) is 0 Å². The van der Waals surface area contributed by atoms with Gasteiger partial charge in [-0.3, -0.25) is 4.79 Å². The van der Waals surface area contributed by atoms with E-state index in [1.54, 1.807) is 0 Å². The maximum atomic E-state index is 11.8. The Morgan fingerprint density at radius 1 is 1.27 bits per heavy atom. The van der Waals surface area contributed by atoms with E-state index in [1.807, 2.05) is 0 Å². The van der Waals surface area contributed by atoms with Crippen LogP contribution < -0.4 is 5.32 Å². The van der Waals surface area contributed by atoms with E-state index in [1.165, 1.54) is 12.8 Å². The van der Waals surface area contributed by atoms with Gasteiger partial charge in [0, 0.05) is 11.5 Å². The van der Waals surface area contributed by atoms with Crippen LogP contribution in [0.2, 0.25) is 0 Å². The summed E-state index contributed by atoms with van der Waals surface area (Å²) < 4.78 is 0. The maximum Gasteiger partial charge on any atom is 0.223 e. The number of carbonyl (C=O) groups is 1. The first-order chi connectivity index (χ1) is 7.01. The summed E-state index contributed by atoms with van der Waals surface area (Å²) in [6.07, 6.45) is 5.86. The highest BCUT2D eigenvalue weighted by Crippen LogP contribution is 2.38. The summed E-state index contributed by atoms with van der Waals surface area (Å²) in [7, 11) is 0. The molecule has 0 spiro atoms. The molecule has 0 aromatic rings. The molecule has 2 nitrogen and oxygen atoms in total. The third kappa shape index (κ3) is 2.35. The third-order valence-electron chi connectivity index (χ3n) is 4.36. The average Bonchev–Trinajstić information content (AvgIpc) is 2.95. The predicted molar refractivity (Wildman–Crippen MR) is 61.5 cm³/mol. The molecular formula is C13H23NO. The van der Waals surface area contributed by atoms with Gasteiger partial charge in [-0.1, -0.05) is 13.8 Å². The fourth-order valence-electron chi connectivity index (χ4n) is 2.69. The number of amides is 1. The molecule has 0 aromatic heterocycles. The van der Waals surface area contributed by atoms with Crippen LogP contribution in [0.4, 0.5) is 0 Å². The van der Waals surface area contributed by atoms with Crippen LogP contribution in [0.1, 0.15) is 52.9 Å². The van der Waals surface area contributed by atoms with Crippen molar-refractivity contribution in [1.29, 1.82) is 0 Å². The van der Waals surface area contributed by atoms with Gasteiger partial charge in [-0.15, -0.1) is 0 Å². The molecule has 15 heavy (non-hydrogen) atoms. The summed E-state index contributed by atoms with van der Waals surface area (Å²) in [4.78, 5) is 11.8. The lowest BCUT2D eigenvalue weighted by Crippen LogP contribution is -2.53. The molecule has 2 heteroatoms. The summed E-state index contributed by atoms with van der Waals surface area (Å²) >= 11 is 0. The Morgan fingerprint density at radius 2 is 1.93 bits per heavy atom. The molecule has 0 radical (unpaired) electrons. The first kappa shape index (κ1) is 11.0. The van der Waals surface area contributed by atoms with Crippen LogP contribution in [0.25, 0.3) is 0 Å². The van der Waals surface area contributed by atoms with Crippen molar-refractivity contribution in [2.45, 2.75) is 58.4 Å². The van der Waals surface area contributed by atoms with E-state index < -0.39 is 0 Å². The number of rotatable bonds is 2. The van der Waals surface area contributed by atoms with E-state index in [0.717, 1.165) is 25.2 Å². The van der Waals surface area contributed by atoms with Crippen LogP contribution in [-0.4, -0.2) is 11.4 Å². The van der Waals surface area contributed by atoms with Crippen molar-refractivity contribution in [1.82, 2.24) is 5.32 Å². The van der Waals surface area contributed by atoms with Crippen molar-refractivity contribution in [2.75, 3.05) is 0 Å². The molecule has 1 amide bonds. The van der Waals surface area contributed by atoms with Gasteiger partial charge in [-0.25, -0.2) is 0 Å². The summed E-state index contributed by atoms with van der Waals surface area (Å²) in [5.74, 6) is 2.09. The molecule has 2 fully saturated rings. The molecule has 3 atom stereocenters. The Morgan fingerprint density at radius 3 is 2.47 bits per heavy atom. The van der Waals surface area contributed by atoms with Crippen molar-refractivity contribution in [2.24, 2.45) is 17.8 Å². The van der Waals surface area contributed by atoms with Crippen molar-refractivity contribution >= 4 is 5.91 Å². The molecule has 0 saturated heterocycles. The van der Waals surface area contributed by atoms with Crippen LogP contribution in [0.5, 0.6) is 0 Å². The third-order valence-corrected chi connectivity index (χ3v) is 4.36. The van der Waals surface area contributed by atoms with Crippen LogP contribution >= 0.6 is 0 Å². The number of hydrogen-bond donors (Lipinski definition) is 1. The average molecular weight is 209 g/mol. The number of carbonyl (C=O) groups excluding carboxylic acids is 1. The van der Waals surface area contributed by atoms with Crippen LogP contribution in [-0.2, 0) is 4.79 Å². The lowest BCUT2D eigenvalue weighted by atomic mass is 9.71. The Hall–Kier alpha value is -0.530. The minimum Gasteiger partial charge on any atom is -0.350 e. The van der Waals surface area contributed by atoms with Gasteiger partial charge >= 0.3 is 0 Å². The Labute approximate surface area is 92.8 Å². The van der Waals surface area contributed by atoms with Crippen LogP contribution in [0, 0.1) is 17.8 Å². The molecule has 0 aliphatic heterocycles. The SMILES string of the molecule is CC1CCC(C)(NC(=O)C2CC2)C(C)C1. The minimum absolute atomic E-state index is 0.0617. The highest BCUT2D eigenvalue weighted by Gasteiger charge is 2.40. The van der Waals surface area contributed by atoms with Gasteiger partial charge < -0.3 is 5.32 Å². The smallest absolute Gasteiger partial charge is 0.223 e. The van der Waals surface area contributed by atoms with E-state index in [9.17, 15) is 4.79 Å². The van der Waals surface area contributed by atoms with E-state index in [0.29, 0.717) is 17.7 Å². The van der Waals surface area contributed by atoms with Gasteiger partial charge in [0.2, 0.25) is 5.91 Å². The second-order valence-electron chi connectivity index (χ2n) is 5.96. The predicted octanol–water partition coefficient (Wildman–Crippen LogP) is 2.73. The molecule has 2 aliphatic rings. The van der Waals surface area contributed by atoms with Gasteiger partial charge in [0.25, 0.3) is 0 Å². The lowest BCUT2D eigenvalue weighted by Gasteiger charge is -2.42. The maximum absolute atomic E-state index is 11.8. The normalized spacial score (nSPS) is 41.3. The number of hydrogen-bond acceptors (Lipinski definition) is 1. The summed E-state index contributed by atoms with van der Waals surface area (Å²) in [6.45, 7) is 6.82. The Balaban J connectivity index is 1.95. The monoisotopic (exact) mass is 209 g/mol. The zero-order chi connectivity index (χ0) is 11.1. The highest BCUT2D eigenvalue weighted by molar-refractivity contribution is 5.81. The summed E-state index contributed by atoms with van der Waals surface area (Å²) in [6, 6.07) is 0. The first-order valence-electron chi connectivity index (χ1n) is 6.33. The van der Waals surface area contributed by atoms with E-state index in [2.05, 4.69) is 26.1 Å². The van der Waals surface area contributed by atoms with Crippen molar-refractivity contribution in [3.8, 4) is 0 Å². The Bertz CT molecular complexity index is 259. The van der Waals surface area contributed by atoms with Gasteiger partial charge in [-0.2, -0.15) is 0 Å². The molecule has 2 rings (SSSR count). The topological polar surface area (TPSA) is 29.1 Å². The largest absolute Gasteiger partial charge is 0.350 e. The molecule has 2 saturated carbocycles. The van der Waals surface area contributed by atoms with Crippen molar-refractivity contribution in [3.05, 3.63) is 0 Å². The fraction of sp³-hybridized carbons (Fsp3) is 0.923. The summed E-state index contributed by atoms with van der Waals surface area (Å²) in [5, 5.41) is 3.29. The first-order valence-corrected chi connectivity index (χ1v) is 6.33. The highest BCUT2D eigenvalue weighted by atomic mass is 16.2. The van der Waals surface area contributed by atoms with Gasteiger partial charge in [-0.05, 0) is 50.9 Å². The molecule has 0 heterocycles. The molecule has 1 N–H and O–H groups in total. The van der Waals surface area contributed by atoms with Crippen LogP contribution in [0.15, 0.2) is 0 Å². The molecule has 2 aliphatic carbocycles. The van der Waals surface area contributed by atoms with E-state index in [4.69, 9.17) is 0 Å². The molecule has 0 aromatic carbocycles. The molecule has 86 valence electrons. The molecular weight excluding hydrogens is 186 g/mol. The molecule has 3 unspecified atom stereocenters. The zero-order valence-electron chi connectivity index (χ0n) is 10.2. The van der Waals surface area contributed by atoms with Gasteiger partial charge in [0.1, 0.15) is 0 Å². The van der Waals surface area contributed by atoms with E-state index in [-0.39, 0.29) is 5.54 Å². The quantitative estimate of drug-likeness (QED) is 0.744. The molecule has 0 bridgehead atoms. The van der Waals surface area contributed by atoms with Crippen molar-refractivity contribution < 1.29 is 4.79 Å². The summed E-state index contributed by atoms with van der Waals surface area (Å²) in [5.41, 5.74) is 0.0617.